The van der Waals surface area contributed by atoms with Crippen molar-refractivity contribution in [1.82, 2.24) is 10.2 Å². The fraction of sp³-hybridized carbons (Fsp3) is 0.353. The van der Waals surface area contributed by atoms with Crippen molar-refractivity contribution in [3.05, 3.63) is 47.5 Å². The molecule has 2 rings (SSSR count). The number of nitrogens with one attached hydrogen (secondary N) is 2. The van der Waals surface area contributed by atoms with Gasteiger partial charge in [-0.25, -0.2) is 0 Å². The quantitative estimate of drug-likeness (QED) is 0.858. The lowest BCUT2D eigenvalue weighted by Gasteiger charge is -2.09. The van der Waals surface area contributed by atoms with Gasteiger partial charge in [-0.3, -0.25) is 4.79 Å². The minimum Gasteiger partial charge on any atom is -0.364 e. The second-order valence-electron chi connectivity index (χ2n) is 5.73. The molecule has 0 saturated heterocycles. The molecule has 0 aliphatic heterocycles. The van der Waals surface area contributed by atoms with Crippen LogP contribution in [0.4, 0.5) is 11.6 Å². The van der Waals surface area contributed by atoms with E-state index >= 15 is 0 Å². The number of amides is 1. The van der Waals surface area contributed by atoms with Gasteiger partial charge in [0.2, 0.25) is 5.91 Å². The summed E-state index contributed by atoms with van der Waals surface area (Å²) in [6.07, 6.45) is 0.481. The molecule has 0 bridgehead atoms. The molecule has 0 saturated carbocycles. The number of carbonyl (C=O) groups is 1. The van der Waals surface area contributed by atoms with E-state index in [1.807, 2.05) is 32.0 Å². The lowest BCUT2D eigenvalue weighted by molar-refractivity contribution is -0.116. The zero-order valence-electron chi connectivity index (χ0n) is 13.3. The zero-order valence-corrected chi connectivity index (χ0v) is 13.3. The first kappa shape index (κ1) is 15.9. The van der Waals surface area contributed by atoms with Crippen LogP contribution < -0.4 is 10.6 Å². The molecular weight excluding hydrogens is 276 g/mol. The van der Waals surface area contributed by atoms with Gasteiger partial charge in [-0.15, -0.1) is 10.2 Å². The van der Waals surface area contributed by atoms with Gasteiger partial charge in [-0.05, 0) is 36.1 Å². The molecule has 0 aliphatic carbocycles. The minimum absolute atomic E-state index is 0.0371. The topological polar surface area (TPSA) is 66.9 Å². The van der Waals surface area contributed by atoms with Crippen LogP contribution >= 0.6 is 0 Å². The van der Waals surface area contributed by atoms with Gasteiger partial charge in [0.25, 0.3) is 0 Å². The van der Waals surface area contributed by atoms with Crippen LogP contribution in [0.3, 0.4) is 0 Å². The Morgan fingerprint density at radius 2 is 1.77 bits per heavy atom. The SMILES string of the molecule is Cc1ccccc1CNc1ccc(NC(=O)CC(C)C)nn1. The number of nitrogens with zero attached hydrogens (tertiary/aromatic N) is 2. The highest BCUT2D eigenvalue weighted by atomic mass is 16.1. The minimum atomic E-state index is -0.0371. The average molecular weight is 298 g/mol. The maximum absolute atomic E-state index is 11.7. The Bertz CT molecular complexity index is 623. The van der Waals surface area contributed by atoms with Gasteiger partial charge in [-0.1, -0.05) is 38.1 Å². The van der Waals surface area contributed by atoms with Crippen molar-refractivity contribution in [1.29, 1.82) is 0 Å². The van der Waals surface area contributed by atoms with Gasteiger partial charge >= 0.3 is 0 Å². The molecule has 1 aromatic heterocycles. The molecule has 2 aromatic rings. The van der Waals surface area contributed by atoms with Crippen molar-refractivity contribution < 1.29 is 4.79 Å². The molecule has 0 unspecified atom stereocenters. The molecule has 1 heterocycles. The molecule has 2 N–H and O–H groups in total. The van der Waals surface area contributed by atoms with Gasteiger partial charge in [0.05, 0.1) is 0 Å². The number of aromatic nitrogens is 2. The normalized spacial score (nSPS) is 10.5. The first-order chi connectivity index (χ1) is 10.5. The molecule has 0 aliphatic rings. The number of hydrogen-bond acceptors (Lipinski definition) is 4. The summed E-state index contributed by atoms with van der Waals surface area (Å²) in [5, 5.41) is 14.1. The number of carbonyl (C=O) groups excluding carboxylic acids is 1. The van der Waals surface area contributed by atoms with Crippen molar-refractivity contribution in [2.45, 2.75) is 33.7 Å². The van der Waals surface area contributed by atoms with Gasteiger partial charge in [0.15, 0.2) is 5.82 Å². The maximum Gasteiger partial charge on any atom is 0.225 e. The molecule has 22 heavy (non-hydrogen) atoms. The predicted octanol–water partition coefficient (Wildman–Crippen LogP) is 3.38. The van der Waals surface area contributed by atoms with Crippen LogP contribution in [0.5, 0.6) is 0 Å². The summed E-state index contributed by atoms with van der Waals surface area (Å²) in [6, 6.07) is 11.8. The number of anilines is 2. The van der Waals surface area contributed by atoms with E-state index in [-0.39, 0.29) is 5.91 Å². The molecule has 0 radical (unpaired) electrons. The maximum atomic E-state index is 11.7. The standard InChI is InChI=1S/C17H22N4O/c1-12(2)10-17(22)19-16-9-8-15(20-21-16)18-11-14-7-5-4-6-13(14)3/h4-9,12H,10-11H2,1-3H3,(H,18,20)(H,19,21,22). The summed E-state index contributed by atoms with van der Waals surface area (Å²) < 4.78 is 0. The Hall–Kier alpha value is -2.43. The van der Waals surface area contributed by atoms with E-state index in [0.29, 0.717) is 30.5 Å². The fourth-order valence-electron chi connectivity index (χ4n) is 2.05. The molecule has 1 aromatic carbocycles. The van der Waals surface area contributed by atoms with Crippen LogP contribution in [0, 0.1) is 12.8 Å². The summed E-state index contributed by atoms with van der Waals surface area (Å²) >= 11 is 0. The predicted molar refractivity (Wildman–Crippen MR) is 88.6 cm³/mol. The molecule has 5 nitrogen and oxygen atoms in total. The Morgan fingerprint density at radius 3 is 2.41 bits per heavy atom. The van der Waals surface area contributed by atoms with E-state index in [4.69, 9.17) is 0 Å². The van der Waals surface area contributed by atoms with Crippen LogP contribution in [-0.4, -0.2) is 16.1 Å². The van der Waals surface area contributed by atoms with Gasteiger partial charge in [0.1, 0.15) is 5.82 Å². The van der Waals surface area contributed by atoms with E-state index in [1.165, 1.54) is 11.1 Å². The van der Waals surface area contributed by atoms with Crippen LogP contribution in [0.15, 0.2) is 36.4 Å². The Kier molecular flexibility index (Phi) is 5.47. The monoisotopic (exact) mass is 298 g/mol. The van der Waals surface area contributed by atoms with Gasteiger partial charge < -0.3 is 10.6 Å². The largest absolute Gasteiger partial charge is 0.364 e. The highest BCUT2D eigenvalue weighted by Gasteiger charge is 2.06. The number of rotatable bonds is 6. The lowest BCUT2D eigenvalue weighted by Crippen LogP contribution is -2.15. The number of benzene rings is 1. The van der Waals surface area contributed by atoms with Crippen LogP contribution in [0.1, 0.15) is 31.4 Å². The number of aryl methyl sites for hydroxylation is 1. The second-order valence-corrected chi connectivity index (χ2v) is 5.73. The lowest BCUT2D eigenvalue weighted by atomic mass is 10.1. The van der Waals surface area contributed by atoms with E-state index in [2.05, 4.69) is 39.9 Å². The molecule has 116 valence electrons. The zero-order chi connectivity index (χ0) is 15.9. The van der Waals surface area contributed by atoms with E-state index in [9.17, 15) is 4.79 Å². The summed E-state index contributed by atoms with van der Waals surface area (Å²) in [5.74, 6) is 1.45. The van der Waals surface area contributed by atoms with E-state index in [1.54, 1.807) is 6.07 Å². The third-order valence-corrected chi connectivity index (χ3v) is 3.25. The van der Waals surface area contributed by atoms with Crippen LogP contribution in [-0.2, 0) is 11.3 Å². The summed E-state index contributed by atoms with van der Waals surface area (Å²) in [6.45, 7) is 6.78. The van der Waals surface area contributed by atoms with E-state index < -0.39 is 0 Å². The van der Waals surface area contributed by atoms with E-state index in [0.717, 1.165) is 0 Å². The highest BCUT2D eigenvalue weighted by Crippen LogP contribution is 2.11. The smallest absolute Gasteiger partial charge is 0.225 e. The molecule has 0 atom stereocenters. The third-order valence-electron chi connectivity index (χ3n) is 3.25. The first-order valence-electron chi connectivity index (χ1n) is 7.46. The Balaban J connectivity index is 1.89. The van der Waals surface area contributed by atoms with Crippen molar-refractivity contribution in [2.75, 3.05) is 10.6 Å². The Labute approximate surface area is 131 Å². The highest BCUT2D eigenvalue weighted by molar-refractivity contribution is 5.89. The molecule has 5 heteroatoms. The molecule has 0 fully saturated rings. The van der Waals surface area contributed by atoms with Crippen LogP contribution in [0.25, 0.3) is 0 Å². The summed E-state index contributed by atoms with van der Waals surface area (Å²) in [4.78, 5) is 11.7. The average Bonchev–Trinajstić information content (AvgIpc) is 2.47. The van der Waals surface area contributed by atoms with Gasteiger partial charge in [-0.2, -0.15) is 0 Å². The van der Waals surface area contributed by atoms with Crippen molar-refractivity contribution >= 4 is 17.5 Å². The Morgan fingerprint density at radius 1 is 1.09 bits per heavy atom. The fourth-order valence-corrected chi connectivity index (χ4v) is 2.05. The molecule has 0 spiro atoms. The summed E-state index contributed by atoms with van der Waals surface area (Å²) in [5.41, 5.74) is 2.46. The van der Waals surface area contributed by atoms with Crippen molar-refractivity contribution in [3.63, 3.8) is 0 Å². The van der Waals surface area contributed by atoms with Crippen molar-refractivity contribution in [2.24, 2.45) is 5.92 Å². The first-order valence-corrected chi connectivity index (χ1v) is 7.46. The van der Waals surface area contributed by atoms with Crippen LogP contribution in [0.2, 0.25) is 0 Å². The molecular formula is C17H22N4O. The van der Waals surface area contributed by atoms with Gasteiger partial charge in [0, 0.05) is 13.0 Å². The van der Waals surface area contributed by atoms with Crippen molar-refractivity contribution in [3.8, 4) is 0 Å². The molecule has 1 amide bonds. The third kappa shape index (κ3) is 4.84. The summed E-state index contributed by atoms with van der Waals surface area (Å²) in [7, 11) is 0. The second kappa shape index (κ2) is 7.54. The number of hydrogen-bond donors (Lipinski definition) is 2.